The Morgan fingerprint density at radius 3 is 2.62 bits per heavy atom. The Labute approximate surface area is 180 Å². The van der Waals surface area contributed by atoms with Gasteiger partial charge >= 0.3 is 0 Å². The van der Waals surface area contributed by atoms with E-state index in [2.05, 4.69) is 9.89 Å². The molecule has 2 heterocycles. The van der Waals surface area contributed by atoms with E-state index in [1.54, 1.807) is 19.3 Å². The van der Waals surface area contributed by atoms with Crippen molar-refractivity contribution in [3.8, 4) is 12.1 Å². The van der Waals surface area contributed by atoms with Gasteiger partial charge in [0.15, 0.2) is 5.92 Å². The lowest BCUT2D eigenvalue weighted by Crippen LogP contribution is -2.50. The van der Waals surface area contributed by atoms with Gasteiger partial charge in [-0.2, -0.15) is 10.5 Å². The number of nitrogens with zero attached hydrogens (tertiary/aromatic N) is 5. The van der Waals surface area contributed by atoms with E-state index in [-0.39, 0.29) is 0 Å². The number of hydrogen-bond acceptors (Lipinski definition) is 6. The normalized spacial score (nSPS) is 22.4. The number of hydrogen-bond donors (Lipinski definition) is 0. The molecular weight excluding hydrogens is 409 g/mol. The predicted molar refractivity (Wildman–Crippen MR) is 115 cm³/mol. The van der Waals surface area contributed by atoms with E-state index in [1.807, 2.05) is 30.3 Å². The molecule has 1 atom stereocenters. The van der Waals surface area contributed by atoms with Crippen LogP contribution in [0.4, 0.5) is 0 Å². The highest BCUT2D eigenvalue weighted by Gasteiger charge is 2.41. The van der Waals surface area contributed by atoms with E-state index >= 15 is 0 Å². The number of halogens is 2. The molecule has 29 heavy (non-hydrogen) atoms. The first-order valence-electron chi connectivity index (χ1n) is 9.28. The molecule has 3 rings (SSSR count). The molecule has 0 bridgehead atoms. The minimum absolute atomic E-state index is 0.467. The van der Waals surface area contributed by atoms with E-state index in [4.69, 9.17) is 32.9 Å². The molecule has 1 saturated heterocycles. The number of aliphatic imine (C=N–C) groups is 2. The third-order valence-electron chi connectivity index (χ3n) is 5.06. The van der Waals surface area contributed by atoms with Crippen LogP contribution in [0.25, 0.3) is 0 Å². The van der Waals surface area contributed by atoms with Gasteiger partial charge in [-0.1, -0.05) is 29.3 Å². The standard InChI is InChI=1S/C21H21Cl2N5O/c1-26-20(17(11-24)12-25)21(14-28-4-6-29-7-5-28)10-16(13-27-21)8-15-2-3-18(22)19(23)9-15/h2-3,9-10,13,17H,4-8,14H2,1H3. The van der Waals surface area contributed by atoms with Crippen molar-refractivity contribution in [1.29, 1.82) is 10.5 Å². The number of benzene rings is 1. The fourth-order valence-corrected chi connectivity index (χ4v) is 4.01. The van der Waals surface area contributed by atoms with Crippen molar-refractivity contribution in [2.24, 2.45) is 15.9 Å². The van der Waals surface area contributed by atoms with Crippen LogP contribution in [0.5, 0.6) is 0 Å². The average molecular weight is 430 g/mol. The maximum Gasteiger partial charge on any atom is 0.173 e. The Hall–Kier alpha value is -2.22. The van der Waals surface area contributed by atoms with Crippen molar-refractivity contribution in [1.82, 2.24) is 4.90 Å². The van der Waals surface area contributed by atoms with Gasteiger partial charge in [0, 0.05) is 32.9 Å². The first-order valence-corrected chi connectivity index (χ1v) is 10.0. The van der Waals surface area contributed by atoms with Crippen LogP contribution in [0.15, 0.2) is 39.8 Å². The van der Waals surface area contributed by atoms with E-state index in [0.29, 0.717) is 41.9 Å². The molecular formula is C21H21Cl2N5O. The molecule has 2 aliphatic heterocycles. The van der Waals surface area contributed by atoms with Gasteiger partial charge in [-0.05, 0) is 35.8 Å². The van der Waals surface area contributed by atoms with Crippen molar-refractivity contribution in [3.05, 3.63) is 45.5 Å². The number of allylic oxidation sites excluding steroid dienone is 1. The van der Waals surface area contributed by atoms with Gasteiger partial charge in [0.2, 0.25) is 0 Å². The molecule has 0 aliphatic carbocycles. The van der Waals surface area contributed by atoms with Gasteiger partial charge in [0.05, 0.1) is 41.1 Å². The van der Waals surface area contributed by atoms with Crippen LogP contribution in [0.2, 0.25) is 10.0 Å². The Balaban J connectivity index is 1.93. The lowest BCUT2D eigenvalue weighted by molar-refractivity contribution is 0.0347. The van der Waals surface area contributed by atoms with Crippen LogP contribution in [0.3, 0.4) is 0 Å². The fourth-order valence-electron chi connectivity index (χ4n) is 3.69. The molecule has 0 saturated carbocycles. The minimum Gasteiger partial charge on any atom is -0.379 e. The van der Waals surface area contributed by atoms with Crippen LogP contribution < -0.4 is 0 Å². The molecule has 1 aromatic carbocycles. The van der Waals surface area contributed by atoms with Gasteiger partial charge in [-0.3, -0.25) is 14.9 Å². The maximum absolute atomic E-state index is 9.48. The van der Waals surface area contributed by atoms with Crippen molar-refractivity contribution in [3.63, 3.8) is 0 Å². The third-order valence-corrected chi connectivity index (χ3v) is 5.80. The number of morpholine rings is 1. The molecule has 0 aromatic heterocycles. The monoisotopic (exact) mass is 429 g/mol. The zero-order chi connectivity index (χ0) is 20.9. The van der Waals surface area contributed by atoms with Gasteiger partial charge in [0.25, 0.3) is 0 Å². The second-order valence-electron chi connectivity index (χ2n) is 7.02. The lowest BCUT2D eigenvalue weighted by Gasteiger charge is -2.35. The van der Waals surface area contributed by atoms with E-state index < -0.39 is 11.5 Å². The topological polar surface area (TPSA) is 84.8 Å². The largest absolute Gasteiger partial charge is 0.379 e. The van der Waals surface area contributed by atoms with Crippen molar-refractivity contribution in [2.75, 3.05) is 39.9 Å². The summed E-state index contributed by atoms with van der Waals surface area (Å²) in [5.41, 5.74) is 1.61. The summed E-state index contributed by atoms with van der Waals surface area (Å²) in [6.07, 6.45) is 4.45. The quantitative estimate of drug-likeness (QED) is 0.648. The molecule has 8 heteroatoms. The Bertz CT molecular complexity index is 923. The van der Waals surface area contributed by atoms with Crippen molar-refractivity contribution in [2.45, 2.75) is 12.0 Å². The molecule has 1 unspecified atom stereocenters. The molecule has 1 fully saturated rings. The Kier molecular flexibility index (Phi) is 7.05. The van der Waals surface area contributed by atoms with E-state index in [1.165, 1.54) is 0 Å². The van der Waals surface area contributed by atoms with Crippen LogP contribution in [0, 0.1) is 28.6 Å². The fraction of sp³-hybridized carbons (Fsp3) is 0.429. The molecule has 0 spiro atoms. The summed E-state index contributed by atoms with van der Waals surface area (Å²) in [5.74, 6) is -0.959. The number of ether oxygens (including phenoxy) is 1. The minimum atomic E-state index is -0.959. The summed E-state index contributed by atoms with van der Waals surface area (Å²) in [6.45, 7) is 3.39. The molecule has 2 aliphatic rings. The van der Waals surface area contributed by atoms with Gasteiger partial charge in [0.1, 0.15) is 5.54 Å². The molecule has 1 aromatic rings. The van der Waals surface area contributed by atoms with Crippen LogP contribution in [-0.2, 0) is 11.2 Å². The SMILES string of the molecule is CN=C(C(C#N)C#N)C1(CN2CCOCC2)C=C(Cc2ccc(Cl)c(Cl)c2)C=N1. The molecule has 0 radical (unpaired) electrons. The summed E-state index contributed by atoms with van der Waals surface area (Å²) in [6, 6.07) is 9.63. The van der Waals surface area contributed by atoms with E-state index in [9.17, 15) is 10.5 Å². The second kappa shape index (κ2) is 9.52. The first-order chi connectivity index (χ1) is 14.0. The molecule has 6 nitrogen and oxygen atoms in total. The zero-order valence-electron chi connectivity index (χ0n) is 16.1. The smallest absolute Gasteiger partial charge is 0.173 e. The zero-order valence-corrected chi connectivity index (χ0v) is 17.6. The first kappa shape index (κ1) is 21.5. The molecule has 150 valence electrons. The highest BCUT2D eigenvalue weighted by Crippen LogP contribution is 2.30. The Morgan fingerprint density at radius 2 is 2.00 bits per heavy atom. The highest BCUT2D eigenvalue weighted by atomic mass is 35.5. The van der Waals surface area contributed by atoms with Crippen LogP contribution >= 0.6 is 23.2 Å². The van der Waals surface area contributed by atoms with Crippen molar-refractivity contribution < 1.29 is 4.74 Å². The highest BCUT2D eigenvalue weighted by molar-refractivity contribution is 6.42. The predicted octanol–water partition coefficient (Wildman–Crippen LogP) is 3.35. The lowest BCUT2D eigenvalue weighted by atomic mass is 9.84. The number of nitriles is 2. The average Bonchev–Trinajstić information content (AvgIpc) is 3.12. The van der Waals surface area contributed by atoms with Crippen molar-refractivity contribution >= 4 is 35.1 Å². The van der Waals surface area contributed by atoms with E-state index in [0.717, 1.165) is 24.2 Å². The maximum atomic E-state index is 9.48. The van der Waals surface area contributed by atoms with Gasteiger partial charge < -0.3 is 4.74 Å². The second-order valence-corrected chi connectivity index (χ2v) is 7.83. The van der Waals surface area contributed by atoms with Crippen LogP contribution in [-0.4, -0.2) is 62.3 Å². The summed E-state index contributed by atoms with van der Waals surface area (Å²) in [7, 11) is 1.61. The van der Waals surface area contributed by atoms with Crippen LogP contribution in [0.1, 0.15) is 5.56 Å². The van der Waals surface area contributed by atoms with Gasteiger partial charge in [-0.15, -0.1) is 0 Å². The number of rotatable bonds is 6. The Morgan fingerprint density at radius 1 is 1.28 bits per heavy atom. The third kappa shape index (κ3) is 4.86. The summed E-state index contributed by atoms with van der Waals surface area (Å²) >= 11 is 12.2. The summed E-state index contributed by atoms with van der Waals surface area (Å²) in [5, 5.41) is 20.0. The molecule has 0 amide bonds. The molecule has 0 N–H and O–H groups in total. The summed E-state index contributed by atoms with van der Waals surface area (Å²) < 4.78 is 5.44. The summed E-state index contributed by atoms with van der Waals surface area (Å²) in [4.78, 5) is 11.3. The van der Waals surface area contributed by atoms with Gasteiger partial charge in [-0.25, -0.2) is 0 Å².